The zero-order valence-corrected chi connectivity index (χ0v) is 12.4. The summed E-state index contributed by atoms with van der Waals surface area (Å²) in [6.07, 6.45) is 1.85. The lowest BCUT2D eigenvalue weighted by Gasteiger charge is -2.29. The maximum Gasteiger partial charge on any atom is 0.221 e. The van der Waals surface area contributed by atoms with Gasteiger partial charge in [0.1, 0.15) is 5.78 Å². The van der Waals surface area contributed by atoms with Gasteiger partial charge in [0.2, 0.25) is 5.88 Å². The van der Waals surface area contributed by atoms with E-state index >= 15 is 0 Å². The molecule has 0 spiro atoms. The molecule has 1 aromatic rings. The van der Waals surface area contributed by atoms with Crippen LogP contribution in [-0.4, -0.2) is 56.1 Å². The zero-order chi connectivity index (χ0) is 14.8. The number of carbonyl (C=O) groups is 1. The molecule has 2 aliphatic rings. The van der Waals surface area contributed by atoms with Crippen molar-refractivity contribution in [2.24, 2.45) is 0 Å². The number of nitrogens with zero attached hydrogens (tertiary/aromatic N) is 2. The number of methoxy groups -OCH3 is 1. The van der Waals surface area contributed by atoms with Crippen molar-refractivity contribution in [2.75, 3.05) is 40.5 Å². The van der Waals surface area contributed by atoms with E-state index in [-0.39, 0.29) is 11.7 Å². The number of aromatic nitrogens is 1. The highest BCUT2D eigenvalue weighted by molar-refractivity contribution is 5.86. The Morgan fingerprint density at radius 3 is 2.86 bits per heavy atom. The molecule has 6 heteroatoms. The van der Waals surface area contributed by atoms with E-state index in [4.69, 9.17) is 14.2 Å². The summed E-state index contributed by atoms with van der Waals surface area (Å²) in [7, 11) is 3.60. The summed E-state index contributed by atoms with van der Waals surface area (Å²) in [6.45, 7) is 2.66. The third-order valence-electron chi connectivity index (χ3n) is 3.99. The van der Waals surface area contributed by atoms with E-state index in [1.807, 2.05) is 13.1 Å². The Morgan fingerprint density at radius 1 is 1.38 bits per heavy atom. The van der Waals surface area contributed by atoms with Crippen molar-refractivity contribution in [2.45, 2.75) is 18.6 Å². The minimum absolute atomic E-state index is 0.137. The van der Waals surface area contributed by atoms with Crippen LogP contribution in [0.5, 0.6) is 5.88 Å². The average Bonchev–Trinajstić information content (AvgIpc) is 3.03. The van der Waals surface area contributed by atoms with E-state index in [2.05, 4.69) is 9.88 Å². The number of likely N-dealkylation sites (tertiary alicyclic amines) is 1. The number of carbonyl (C=O) groups excluding carboxylic acids is 1. The normalized spacial score (nSPS) is 24.5. The summed E-state index contributed by atoms with van der Waals surface area (Å²) >= 11 is 0. The van der Waals surface area contributed by atoms with Crippen molar-refractivity contribution < 1.29 is 19.0 Å². The van der Waals surface area contributed by atoms with Crippen molar-refractivity contribution in [1.29, 1.82) is 0 Å². The van der Waals surface area contributed by atoms with Gasteiger partial charge in [-0.2, -0.15) is 0 Å². The number of ether oxygens (including phenoxy) is 3. The molecule has 0 saturated carbocycles. The third-order valence-corrected chi connectivity index (χ3v) is 3.99. The molecular weight excluding hydrogens is 272 g/mol. The van der Waals surface area contributed by atoms with Crippen molar-refractivity contribution in [1.82, 2.24) is 9.88 Å². The molecule has 0 N–H and O–H groups in total. The Bertz CT molecular complexity index is 528. The Kier molecular flexibility index (Phi) is 4.19. The maximum atomic E-state index is 12.2. The van der Waals surface area contributed by atoms with Crippen LogP contribution in [0, 0.1) is 0 Å². The highest BCUT2D eigenvalue weighted by Gasteiger charge is 2.30. The van der Waals surface area contributed by atoms with Gasteiger partial charge in [-0.25, -0.2) is 4.98 Å². The fraction of sp³-hybridized carbons (Fsp3) is 0.600. The van der Waals surface area contributed by atoms with Crippen LogP contribution < -0.4 is 4.74 Å². The Balaban J connectivity index is 1.92. The number of rotatable bonds is 3. The van der Waals surface area contributed by atoms with E-state index in [1.54, 1.807) is 13.3 Å². The fourth-order valence-corrected chi connectivity index (χ4v) is 2.83. The van der Waals surface area contributed by atoms with Gasteiger partial charge in [0.25, 0.3) is 0 Å². The topological polar surface area (TPSA) is 60.9 Å². The summed E-state index contributed by atoms with van der Waals surface area (Å²) in [6, 6.07) is 1.93. The number of piperidine rings is 1. The SMILES string of the molecule is COc1ncc(C2CN(C)CCC2=O)cc1C1OCCO1. The van der Waals surface area contributed by atoms with Crippen LogP contribution in [0.4, 0.5) is 0 Å². The summed E-state index contributed by atoms with van der Waals surface area (Å²) in [4.78, 5) is 18.7. The number of hydrogen-bond donors (Lipinski definition) is 0. The zero-order valence-electron chi connectivity index (χ0n) is 12.4. The van der Waals surface area contributed by atoms with Gasteiger partial charge in [-0.3, -0.25) is 4.79 Å². The molecule has 0 amide bonds. The highest BCUT2D eigenvalue weighted by atomic mass is 16.7. The lowest BCUT2D eigenvalue weighted by molar-refractivity contribution is -0.123. The number of ketones is 1. The van der Waals surface area contributed by atoms with Crippen molar-refractivity contribution in [3.8, 4) is 5.88 Å². The van der Waals surface area contributed by atoms with Gasteiger partial charge in [-0.05, 0) is 18.7 Å². The first-order valence-corrected chi connectivity index (χ1v) is 7.17. The third kappa shape index (κ3) is 2.92. The first kappa shape index (κ1) is 14.4. The second-order valence-corrected chi connectivity index (χ2v) is 5.47. The van der Waals surface area contributed by atoms with Crippen LogP contribution in [0.15, 0.2) is 12.3 Å². The van der Waals surface area contributed by atoms with Crippen LogP contribution in [0.2, 0.25) is 0 Å². The second kappa shape index (κ2) is 6.09. The monoisotopic (exact) mass is 292 g/mol. The molecule has 1 unspecified atom stereocenters. The molecule has 21 heavy (non-hydrogen) atoms. The molecule has 2 saturated heterocycles. The van der Waals surface area contributed by atoms with Crippen LogP contribution in [-0.2, 0) is 14.3 Å². The summed E-state index contributed by atoms with van der Waals surface area (Å²) in [5, 5.41) is 0. The quantitative estimate of drug-likeness (QED) is 0.832. The highest BCUT2D eigenvalue weighted by Crippen LogP contribution is 2.33. The lowest BCUT2D eigenvalue weighted by Crippen LogP contribution is -2.37. The molecular formula is C15H20N2O4. The molecule has 2 fully saturated rings. The van der Waals surface area contributed by atoms with Crippen molar-refractivity contribution >= 4 is 5.78 Å². The minimum atomic E-state index is -0.455. The molecule has 0 aliphatic carbocycles. The Labute approximate surface area is 124 Å². The predicted octanol–water partition coefficient (Wildman–Crippen LogP) is 1.12. The van der Waals surface area contributed by atoms with Gasteiger partial charge in [-0.15, -0.1) is 0 Å². The van der Waals surface area contributed by atoms with E-state index in [1.165, 1.54) is 0 Å². The van der Waals surface area contributed by atoms with E-state index in [0.29, 0.717) is 25.5 Å². The fourth-order valence-electron chi connectivity index (χ4n) is 2.83. The first-order valence-electron chi connectivity index (χ1n) is 7.17. The Morgan fingerprint density at radius 2 is 2.14 bits per heavy atom. The molecule has 2 aliphatic heterocycles. The van der Waals surface area contributed by atoms with Crippen molar-refractivity contribution in [3.05, 3.63) is 23.4 Å². The molecule has 0 bridgehead atoms. The number of likely N-dealkylation sites (N-methyl/N-ethyl adjacent to an activating group) is 1. The van der Waals surface area contributed by atoms with Gasteiger partial charge in [0.05, 0.1) is 31.8 Å². The molecule has 6 nitrogen and oxygen atoms in total. The van der Waals surface area contributed by atoms with Gasteiger partial charge in [-0.1, -0.05) is 0 Å². The molecule has 1 aromatic heterocycles. The summed E-state index contributed by atoms with van der Waals surface area (Å²) < 4.78 is 16.4. The summed E-state index contributed by atoms with van der Waals surface area (Å²) in [5.74, 6) is 0.615. The van der Waals surface area contributed by atoms with Gasteiger partial charge in [0, 0.05) is 25.7 Å². The summed E-state index contributed by atoms with van der Waals surface area (Å²) in [5.41, 5.74) is 1.66. The molecule has 0 aromatic carbocycles. The van der Waals surface area contributed by atoms with Crippen LogP contribution >= 0.6 is 0 Å². The minimum Gasteiger partial charge on any atom is -0.481 e. The van der Waals surface area contributed by atoms with Crippen molar-refractivity contribution in [3.63, 3.8) is 0 Å². The van der Waals surface area contributed by atoms with E-state index in [9.17, 15) is 4.79 Å². The molecule has 3 rings (SSSR count). The van der Waals surface area contributed by atoms with Crippen LogP contribution in [0.3, 0.4) is 0 Å². The van der Waals surface area contributed by atoms with E-state index in [0.717, 1.165) is 24.2 Å². The maximum absolute atomic E-state index is 12.2. The van der Waals surface area contributed by atoms with Gasteiger partial charge >= 0.3 is 0 Å². The van der Waals surface area contributed by atoms with Crippen LogP contribution in [0.1, 0.15) is 29.8 Å². The molecule has 3 heterocycles. The van der Waals surface area contributed by atoms with Crippen LogP contribution in [0.25, 0.3) is 0 Å². The molecule has 1 atom stereocenters. The smallest absolute Gasteiger partial charge is 0.221 e. The number of Topliss-reactive ketones (excluding diaryl/α,β-unsaturated/α-hetero) is 1. The molecule has 0 radical (unpaired) electrons. The number of hydrogen-bond acceptors (Lipinski definition) is 6. The van der Waals surface area contributed by atoms with Gasteiger partial charge in [0.15, 0.2) is 6.29 Å². The number of pyridine rings is 1. The standard InChI is InChI=1S/C15H20N2O4/c1-17-4-3-13(18)12(9-17)10-7-11(14(19-2)16-8-10)15-20-5-6-21-15/h7-8,12,15H,3-6,9H2,1-2H3. The lowest BCUT2D eigenvalue weighted by atomic mass is 9.90. The largest absolute Gasteiger partial charge is 0.481 e. The van der Waals surface area contributed by atoms with E-state index < -0.39 is 6.29 Å². The first-order chi connectivity index (χ1) is 10.2. The molecule has 114 valence electrons. The second-order valence-electron chi connectivity index (χ2n) is 5.47. The predicted molar refractivity (Wildman–Crippen MR) is 75.3 cm³/mol. The average molecular weight is 292 g/mol. The Hall–Kier alpha value is -1.50. The van der Waals surface area contributed by atoms with Gasteiger partial charge < -0.3 is 19.1 Å².